The molecule has 5 heteroatoms. The van der Waals surface area contributed by atoms with Gasteiger partial charge in [-0.1, -0.05) is 43.7 Å². The summed E-state index contributed by atoms with van der Waals surface area (Å²) in [6.45, 7) is 2.43. The van der Waals surface area contributed by atoms with Crippen molar-refractivity contribution in [2.75, 3.05) is 13.1 Å². The molecule has 0 bridgehead atoms. The van der Waals surface area contributed by atoms with Crippen molar-refractivity contribution < 1.29 is 9.59 Å². The summed E-state index contributed by atoms with van der Waals surface area (Å²) in [5, 5.41) is 0. The quantitative estimate of drug-likeness (QED) is 0.762. The summed E-state index contributed by atoms with van der Waals surface area (Å²) in [6.07, 6.45) is 1.75. The zero-order chi connectivity index (χ0) is 14.3. The molecule has 0 aliphatic heterocycles. The maximum atomic E-state index is 12.3. The Balaban J connectivity index is 2.77. The largest absolute Gasteiger partial charge is 0.368 e. The number of nitrogens with zero attached hydrogens (tertiary/aromatic N) is 1. The Morgan fingerprint density at radius 3 is 2.42 bits per heavy atom. The van der Waals surface area contributed by atoms with E-state index in [2.05, 4.69) is 0 Å². The van der Waals surface area contributed by atoms with Gasteiger partial charge >= 0.3 is 0 Å². The molecule has 0 fully saturated rings. The van der Waals surface area contributed by atoms with E-state index in [0.29, 0.717) is 6.54 Å². The standard InChI is InChI=1S/C14H21N3O2/c1-2-3-9-17(10-12(15)18)14(19)13(16)11-7-5-4-6-8-11/h4-8,13H,2-3,9-10,16H2,1H3,(H2,15,18). The lowest BCUT2D eigenvalue weighted by atomic mass is 10.1. The SMILES string of the molecule is CCCCN(CC(N)=O)C(=O)C(N)c1ccccc1. The number of amides is 2. The van der Waals surface area contributed by atoms with E-state index in [9.17, 15) is 9.59 Å². The summed E-state index contributed by atoms with van der Waals surface area (Å²) in [4.78, 5) is 24.7. The molecule has 5 nitrogen and oxygen atoms in total. The van der Waals surface area contributed by atoms with E-state index < -0.39 is 11.9 Å². The number of benzene rings is 1. The van der Waals surface area contributed by atoms with Crippen molar-refractivity contribution in [3.8, 4) is 0 Å². The van der Waals surface area contributed by atoms with Crippen molar-refractivity contribution >= 4 is 11.8 Å². The number of rotatable bonds is 7. The van der Waals surface area contributed by atoms with E-state index in [-0.39, 0.29) is 12.5 Å². The Hall–Kier alpha value is -1.88. The third-order valence-electron chi connectivity index (χ3n) is 2.86. The Kier molecular flexibility index (Phi) is 6.02. The Bertz CT molecular complexity index is 420. The lowest BCUT2D eigenvalue weighted by molar-refractivity contribution is -0.136. The first-order valence-corrected chi connectivity index (χ1v) is 6.44. The highest BCUT2D eigenvalue weighted by Gasteiger charge is 2.23. The van der Waals surface area contributed by atoms with Gasteiger partial charge in [-0.15, -0.1) is 0 Å². The van der Waals surface area contributed by atoms with E-state index in [4.69, 9.17) is 11.5 Å². The zero-order valence-corrected chi connectivity index (χ0v) is 11.2. The van der Waals surface area contributed by atoms with Gasteiger partial charge < -0.3 is 16.4 Å². The molecule has 19 heavy (non-hydrogen) atoms. The summed E-state index contributed by atoms with van der Waals surface area (Å²) in [5.41, 5.74) is 11.8. The first kappa shape index (κ1) is 15.2. The van der Waals surface area contributed by atoms with Crippen molar-refractivity contribution in [1.82, 2.24) is 4.90 Å². The van der Waals surface area contributed by atoms with Crippen LogP contribution in [0.15, 0.2) is 30.3 Å². The summed E-state index contributed by atoms with van der Waals surface area (Å²) in [7, 11) is 0. The van der Waals surface area contributed by atoms with E-state index >= 15 is 0 Å². The molecule has 0 saturated heterocycles. The molecular weight excluding hydrogens is 242 g/mol. The van der Waals surface area contributed by atoms with Crippen LogP contribution in [-0.4, -0.2) is 29.8 Å². The van der Waals surface area contributed by atoms with Crippen LogP contribution in [0.25, 0.3) is 0 Å². The van der Waals surface area contributed by atoms with Crippen LogP contribution in [-0.2, 0) is 9.59 Å². The van der Waals surface area contributed by atoms with Crippen LogP contribution in [0.1, 0.15) is 31.4 Å². The molecule has 0 radical (unpaired) electrons. The van der Waals surface area contributed by atoms with Crippen LogP contribution in [0, 0.1) is 0 Å². The second kappa shape index (κ2) is 7.53. The second-order valence-corrected chi connectivity index (χ2v) is 4.47. The Labute approximate surface area is 113 Å². The van der Waals surface area contributed by atoms with Crippen molar-refractivity contribution in [1.29, 1.82) is 0 Å². The van der Waals surface area contributed by atoms with E-state index in [0.717, 1.165) is 18.4 Å². The molecule has 2 amide bonds. The normalized spacial score (nSPS) is 11.9. The van der Waals surface area contributed by atoms with Crippen molar-refractivity contribution in [2.45, 2.75) is 25.8 Å². The number of nitrogens with two attached hydrogens (primary N) is 2. The van der Waals surface area contributed by atoms with Gasteiger partial charge in [-0.25, -0.2) is 0 Å². The monoisotopic (exact) mass is 263 g/mol. The molecule has 1 atom stereocenters. The first-order valence-electron chi connectivity index (χ1n) is 6.44. The third-order valence-corrected chi connectivity index (χ3v) is 2.86. The fourth-order valence-corrected chi connectivity index (χ4v) is 1.80. The molecule has 1 aromatic carbocycles. The maximum absolute atomic E-state index is 12.3. The molecule has 0 spiro atoms. The van der Waals surface area contributed by atoms with Crippen LogP contribution in [0.5, 0.6) is 0 Å². The highest BCUT2D eigenvalue weighted by Crippen LogP contribution is 2.13. The van der Waals surface area contributed by atoms with E-state index in [1.165, 1.54) is 4.90 Å². The van der Waals surface area contributed by atoms with Crippen LogP contribution in [0.2, 0.25) is 0 Å². The average Bonchev–Trinajstić information content (AvgIpc) is 2.42. The average molecular weight is 263 g/mol. The summed E-state index contributed by atoms with van der Waals surface area (Å²) < 4.78 is 0. The van der Waals surface area contributed by atoms with Crippen LogP contribution in [0.3, 0.4) is 0 Å². The second-order valence-electron chi connectivity index (χ2n) is 4.47. The molecule has 1 rings (SSSR count). The molecule has 1 unspecified atom stereocenters. The predicted molar refractivity (Wildman–Crippen MR) is 74.1 cm³/mol. The lowest BCUT2D eigenvalue weighted by Gasteiger charge is -2.24. The Morgan fingerprint density at radius 1 is 1.26 bits per heavy atom. The number of primary amides is 1. The van der Waals surface area contributed by atoms with Gasteiger partial charge in [0, 0.05) is 6.54 Å². The summed E-state index contributed by atoms with van der Waals surface area (Å²) >= 11 is 0. The number of hydrogen-bond acceptors (Lipinski definition) is 3. The lowest BCUT2D eigenvalue weighted by Crippen LogP contribution is -2.43. The smallest absolute Gasteiger partial charge is 0.244 e. The third kappa shape index (κ3) is 4.71. The van der Waals surface area contributed by atoms with E-state index in [1.54, 1.807) is 12.1 Å². The minimum Gasteiger partial charge on any atom is -0.368 e. The molecule has 104 valence electrons. The van der Waals surface area contributed by atoms with Gasteiger partial charge in [0.05, 0.1) is 6.54 Å². The van der Waals surface area contributed by atoms with Gasteiger partial charge in [0.25, 0.3) is 0 Å². The number of hydrogen-bond donors (Lipinski definition) is 2. The van der Waals surface area contributed by atoms with Gasteiger partial charge in [-0.05, 0) is 12.0 Å². The van der Waals surface area contributed by atoms with E-state index in [1.807, 2.05) is 25.1 Å². The molecule has 1 aromatic rings. The van der Waals surface area contributed by atoms with Crippen LogP contribution in [0.4, 0.5) is 0 Å². The van der Waals surface area contributed by atoms with Gasteiger partial charge in [0.15, 0.2) is 0 Å². The molecule has 0 heterocycles. The highest BCUT2D eigenvalue weighted by atomic mass is 16.2. The first-order chi connectivity index (χ1) is 9.06. The molecule has 4 N–H and O–H groups in total. The van der Waals surface area contributed by atoms with Crippen molar-refractivity contribution in [2.24, 2.45) is 11.5 Å². The molecule has 0 saturated carbocycles. The minimum absolute atomic E-state index is 0.0840. The fourth-order valence-electron chi connectivity index (χ4n) is 1.80. The van der Waals surface area contributed by atoms with Gasteiger partial charge in [0.1, 0.15) is 6.04 Å². The number of carbonyl (C=O) groups excluding carboxylic acids is 2. The molecular formula is C14H21N3O2. The number of unbranched alkanes of at least 4 members (excludes halogenated alkanes) is 1. The van der Waals surface area contributed by atoms with Crippen LogP contribution < -0.4 is 11.5 Å². The minimum atomic E-state index is -0.752. The van der Waals surface area contributed by atoms with Crippen molar-refractivity contribution in [3.05, 3.63) is 35.9 Å². The van der Waals surface area contributed by atoms with Crippen molar-refractivity contribution in [3.63, 3.8) is 0 Å². The highest BCUT2D eigenvalue weighted by molar-refractivity contribution is 5.87. The van der Waals surface area contributed by atoms with Gasteiger partial charge in [-0.2, -0.15) is 0 Å². The zero-order valence-electron chi connectivity index (χ0n) is 11.2. The molecule has 0 aliphatic carbocycles. The Morgan fingerprint density at radius 2 is 1.89 bits per heavy atom. The van der Waals surface area contributed by atoms with Gasteiger partial charge in [0.2, 0.25) is 11.8 Å². The fraction of sp³-hybridized carbons (Fsp3) is 0.429. The summed E-state index contributed by atoms with van der Waals surface area (Å²) in [5.74, 6) is -0.789. The number of carbonyl (C=O) groups is 2. The predicted octanol–water partition coefficient (Wildman–Crippen LogP) is 0.800. The molecule has 0 aliphatic rings. The van der Waals surface area contributed by atoms with Gasteiger partial charge in [-0.3, -0.25) is 9.59 Å². The topological polar surface area (TPSA) is 89.4 Å². The maximum Gasteiger partial charge on any atom is 0.244 e. The molecule has 0 aromatic heterocycles. The van der Waals surface area contributed by atoms with Crippen LogP contribution >= 0.6 is 0 Å². The summed E-state index contributed by atoms with van der Waals surface area (Å²) in [6, 6.07) is 8.35.